The van der Waals surface area contributed by atoms with Crippen LogP contribution < -0.4 is 5.32 Å². The molecule has 1 aliphatic rings. The Balaban J connectivity index is 1.70. The molecule has 2 heterocycles. The molecule has 0 saturated heterocycles. The van der Waals surface area contributed by atoms with Gasteiger partial charge in [-0.2, -0.15) is 0 Å². The molecule has 20 heavy (non-hydrogen) atoms. The normalized spacial score (nSPS) is 14.1. The van der Waals surface area contributed by atoms with Gasteiger partial charge in [0.15, 0.2) is 0 Å². The van der Waals surface area contributed by atoms with Crippen LogP contribution in [0.5, 0.6) is 0 Å². The first-order valence-corrected chi connectivity index (χ1v) is 7.44. The first-order chi connectivity index (χ1) is 9.86. The summed E-state index contributed by atoms with van der Waals surface area (Å²) in [6, 6.07) is 0. The summed E-state index contributed by atoms with van der Waals surface area (Å²) in [7, 11) is 0. The monoisotopic (exact) mass is 271 g/mol. The lowest BCUT2D eigenvalue weighted by molar-refractivity contribution is 0.624. The SMILES string of the molecule is CCCNc1cnc(Cn2cnc3c2CCCC3)cn1. The molecule has 2 aromatic heterocycles. The first kappa shape index (κ1) is 13.1. The average Bonchev–Trinajstić information content (AvgIpc) is 2.90. The highest BCUT2D eigenvalue weighted by atomic mass is 15.1. The predicted molar refractivity (Wildman–Crippen MR) is 78.8 cm³/mol. The van der Waals surface area contributed by atoms with E-state index in [2.05, 4.69) is 31.8 Å². The first-order valence-electron chi connectivity index (χ1n) is 7.44. The van der Waals surface area contributed by atoms with Gasteiger partial charge in [0.1, 0.15) is 5.82 Å². The van der Waals surface area contributed by atoms with Crippen molar-refractivity contribution >= 4 is 5.82 Å². The van der Waals surface area contributed by atoms with Gasteiger partial charge in [-0.1, -0.05) is 6.92 Å². The van der Waals surface area contributed by atoms with Crippen LogP contribution in [-0.4, -0.2) is 26.1 Å². The molecule has 0 spiro atoms. The lowest BCUT2D eigenvalue weighted by Crippen LogP contribution is -2.10. The van der Waals surface area contributed by atoms with E-state index in [1.807, 2.05) is 18.7 Å². The summed E-state index contributed by atoms with van der Waals surface area (Å²) in [4.78, 5) is 13.4. The largest absolute Gasteiger partial charge is 0.369 e. The third-order valence-corrected chi connectivity index (χ3v) is 3.70. The standard InChI is InChI=1S/C15H21N5/c1-2-7-16-15-9-17-12(8-18-15)10-20-11-19-13-5-3-4-6-14(13)20/h8-9,11H,2-7,10H2,1H3,(H,16,18). The van der Waals surface area contributed by atoms with Gasteiger partial charge in [-0.05, 0) is 32.1 Å². The Morgan fingerprint density at radius 3 is 2.85 bits per heavy atom. The third kappa shape index (κ3) is 2.81. The van der Waals surface area contributed by atoms with Crippen molar-refractivity contribution in [2.75, 3.05) is 11.9 Å². The van der Waals surface area contributed by atoms with E-state index in [1.165, 1.54) is 24.2 Å². The molecule has 1 aliphatic carbocycles. The van der Waals surface area contributed by atoms with Crippen LogP contribution in [0.3, 0.4) is 0 Å². The van der Waals surface area contributed by atoms with Crippen LogP contribution in [0.4, 0.5) is 5.82 Å². The number of anilines is 1. The Morgan fingerprint density at radius 1 is 1.15 bits per heavy atom. The van der Waals surface area contributed by atoms with E-state index in [0.717, 1.165) is 43.9 Å². The van der Waals surface area contributed by atoms with Gasteiger partial charge in [0.2, 0.25) is 0 Å². The second kappa shape index (κ2) is 6.03. The molecule has 0 aromatic carbocycles. The van der Waals surface area contributed by atoms with Crippen LogP contribution in [0, 0.1) is 0 Å². The van der Waals surface area contributed by atoms with Crippen molar-refractivity contribution in [1.82, 2.24) is 19.5 Å². The summed E-state index contributed by atoms with van der Waals surface area (Å²) in [6.07, 6.45) is 11.5. The zero-order valence-corrected chi connectivity index (χ0v) is 12.0. The van der Waals surface area contributed by atoms with Crippen LogP contribution in [0.25, 0.3) is 0 Å². The fourth-order valence-corrected chi connectivity index (χ4v) is 2.62. The highest BCUT2D eigenvalue weighted by Crippen LogP contribution is 2.20. The van der Waals surface area contributed by atoms with Crippen molar-refractivity contribution in [3.8, 4) is 0 Å². The molecule has 5 heteroatoms. The number of fused-ring (bicyclic) bond motifs is 1. The Bertz CT molecular complexity index is 558. The molecule has 1 N–H and O–H groups in total. The number of rotatable bonds is 5. The molecule has 0 fully saturated rings. The van der Waals surface area contributed by atoms with Gasteiger partial charge >= 0.3 is 0 Å². The van der Waals surface area contributed by atoms with Gasteiger partial charge in [0, 0.05) is 12.2 Å². The molecular formula is C15H21N5. The highest BCUT2D eigenvalue weighted by Gasteiger charge is 2.15. The van der Waals surface area contributed by atoms with Gasteiger partial charge in [0.05, 0.1) is 36.7 Å². The lowest BCUT2D eigenvalue weighted by atomic mass is 10.0. The molecular weight excluding hydrogens is 250 g/mol. The number of nitrogens with zero attached hydrogens (tertiary/aromatic N) is 4. The number of aryl methyl sites for hydroxylation is 1. The van der Waals surface area contributed by atoms with Crippen LogP contribution in [0.2, 0.25) is 0 Å². The maximum Gasteiger partial charge on any atom is 0.144 e. The average molecular weight is 271 g/mol. The lowest BCUT2D eigenvalue weighted by Gasteiger charge is -2.13. The van der Waals surface area contributed by atoms with Gasteiger partial charge in [0.25, 0.3) is 0 Å². The highest BCUT2D eigenvalue weighted by molar-refractivity contribution is 5.30. The van der Waals surface area contributed by atoms with Crippen molar-refractivity contribution in [3.05, 3.63) is 35.8 Å². The molecule has 0 unspecified atom stereocenters. The van der Waals surface area contributed by atoms with E-state index in [4.69, 9.17) is 0 Å². The van der Waals surface area contributed by atoms with E-state index in [1.54, 1.807) is 0 Å². The molecule has 0 aliphatic heterocycles. The molecule has 2 aromatic rings. The molecule has 5 nitrogen and oxygen atoms in total. The van der Waals surface area contributed by atoms with E-state index in [9.17, 15) is 0 Å². The topological polar surface area (TPSA) is 55.6 Å². The summed E-state index contributed by atoms with van der Waals surface area (Å²) in [5, 5.41) is 3.24. The van der Waals surface area contributed by atoms with Gasteiger partial charge in [-0.3, -0.25) is 4.98 Å². The van der Waals surface area contributed by atoms with Crippen LogP contribution in [0.1, 0.15) is 43.3 Å². The van der Waals surface area contributed by atoms with Gasteiger partial charge < -0.3 is 9.88 Å². The fourth-order valence-electron chi connectivity index (χ4n) is 2.62. The predicted octanol–water partition coefficient (Wildman–Crippen LogP) is 2.42. The Hall–Kier alpha value is -1.91. The smallest absolute Gasteiger partial charge is 0.144 e. The molecule has 106 valence electrons. The van der Waals surface area contributed by atoms with Crippen molar-refractivity contribution < 1.29 is 0 Å². The number of nitrogens with one attached hydrogen (secondary N) is 1. The second-order valence-corrected chi connectivity index (χ2v) is 5.29. The summed E-state index contributed by atoms with van der Waals surface area (Å²) in [5.41, 5.74) is 3.63. The third-order valence-electron chi connectivity index (χ3n) is 3.70. The minimum absolute atomic E-state index is 0.767. The van der Waals surface area contributed by atoms with E-state index < -0.39 is 0 Å². The molecule has 0 amide bonds. The molecule has 0 radical (unpaired) electrons. The van der Waals surface area contributed by atoms with E-state index in [-0.39, 0.29) is 0 Å². The van der Waals surface area contributed by atoms with Gasteiger partial charge in [-0.15, -0.1) is 0 Å². The van der Waals surface area contributed by atoms with Gasteiger partial charge in [-0.25, -0.2) is 9.97 Å². The zero-order chi connectivity index (χ0) is 13.8. The Morgan fingerprint density at radius 2 is 2.05 bits per heavy atom. The van der Waals surface area contributed by atoms with Crippen LogP contribution >= 0.6 is 0 Å². The van der Waals surface area contributed by atoms with Crippen LogP contribution in [0.15, 0.2) is 18.7 Å². The maximum atomic E-state index is 4.51. The zero-order valence-electron chi connectivity index (χ0n) is 12.0. The minimum Gasteiger partial charge on any atom is -0.369 e. The van der Waals surface area contributed by atoms with E-state index >= 15 is 0 Å². The molecule has 3 rings (SSSR count). The van der Waals surface area contributed by atoms with Crippen LogP contribution in [-0.2, 0) is 19.4 Å². The van der Waals surface area contributed by atoms with Crippen molar-refractivity contribution in [2.45, 2.75) is 45.6 Å². The Kier molecular flexibility index (Phi) is 3.95. The maximum absolute atomic E-state index is 4.51. The molecule has 0 atom stereocenters. The van der Waals surface area contributed by atoms with Crippen molar-refractivity contribution in [3.63, 3.8) is 0 Å². The van der Waals surface area contributed by atoms with Crippen molar-refractivity contribution in [2.24, 2.45) is 0 Å². The number of hydrogen-bond acceptors (Lipinski definition) is 4. The van der Waals surface area contributed by atoms with E-state index in [0.29, 0.717) is 0 Å². The summed E-state index contributed by atoms with van der Waals surface area (Å²) in [6.45, 7) is 3.84. The fraction of sp³-hybridized carbons (Fsp3) is 0.533. The number of imidazole rings is 1. The summed E-state index contributed by atoms with van der Waals surface area (Å²) in [5.74, 6) is 0.850. The Labute approximate surface area is 119 Å². The number of aromatic nitrogens is 4. The molecule has 0 bridgehead atoms. The summed E-state index contributed by atoms with van der Waals surface area (Å²) < 4.78 is 2.22. The summed E-state index contributed by atoms with van der Waals surface area (Å²) >= 11 is 0. The van der Waals surface area contributed by atoms with Crippen molar-refractivity contribution in [1.29, 1.82) is 0 Å². The number of hydrogen-bond donors (Lipinski definition) is 1. The second-order valence-electron chi connectivity index (χ2n) is 5.29. The molecule has 0 saturated carbocycles. The minimum atomic E-state index is 0.767. The quantitative estimate of drug-likeness (QED) is 0.907.